The Labute approximate surface area is 188 Å². The Morgan fingerprint density at radius 2 is 1.78 bits per heavy atom. The van der Waals surface area contributed by atoms with Crippen LogP contribution in [0.25, 0.3) is 0 Å². The molecule has 180 valence electrons. The maximum Gasteiger partial charge on any atom is 0.328 e. The first kappa shape index (κ1) is 27.4. The highest BCUT2D eigenvalue weighted by molar-refractivity contribution is 7.98. The molecule has 1 aromatic heterocycles. The van der Waals surface area contributed by atoms with Crippen molar-refractivity contribution in [2.45, 2.75) is 50.0 Å². The van der Waals surface area contributed by atoms with Gasteiger partial charge >= 0.3 is 5.97 Å². The number of H-pyrrole nitrogens is 1. The van der Waals surface area contributed by atoms with Crippen LogP contribution < -0.4 is 21.7 Å². The summed E-state index contributed by atoms with van der Waals surface area (Å²) in [7, 11) is 0. The monoisotopic (exact) mass is 474 g/mol. The Morgan fingerprint density at radius 3 is 2.28 bits per heavy atom. The van der Waals surface area contributed by atoms with Crippen LogP contribution in [-0.2, 0) is 25.6 Å². The van der Waals surface area contributed by atoms with E-state index < -0.39 is 60.6 Å². The minimum absolute atomic E-state index is 0.0525. The lowest BCUT2D eigenvalue weighted by Gasteiger charge is -2.25. The van der Waals surface area contributed by atoms with E-state index in [0.717, 1.165) is 0 Å². The van der Waals surface area contributed by atoms with E-state index in [1.165, 1.54) is 31.2 Å². The first-order valence-electron chi connectivity index (χ1n) is 9.75. The van der Waals surface area contributed by atoms with E-state index >= 15 is 0 Å². The number of aromatic amines is 1. The van der Waals surface area contributed by atoms with E-state index in [0.29, 0.717) is 11.4 Å². The maximum atomic E-state index is 12.9. The lowest BCUT2D eigenvalue weighted by molar-refractivity contribution is -0.145. The number of carboxylic acids is 1. The molecule has 0 spiro atoms. The van der Waals surface area contributed by atoms with Gasteiger partial charge in [-0.25, -0.2) is 9.78 Å². The number of aliphatic hydroxyl groups excluding tert-OH is 2. The van der Waals surface area contributed by atoms with Crippen LogP contribution in [0, 0.1) is 0 Å². The standard InChI is InChI=1S/C18H30N6O7S/c1-9(26)14(18(30)31)24-17(29)13(5-10-6-20-8-21-10)23-16(28)12(3-4-32-2)22-15(27)11(19)7-25/h6,8-9,11-14,25-26H,3-5,7,19H2,1-2H3,(H,20,21)(H,22,27)(H,23,28)(H,24,29)(H,30,31). The predicted octanol–water partition coefficient (Wildman–Crippen LogP) is -3.06. The summed E-state index contributed by atoms with van der Waals surface area (Å²) in [6.07, 6.45) is 3.41. The molecule has 0 fully saturated rings. The van der Waals surface area contributed by atoms with Gasteiger partial charge in [0.2, 0.25) is 17.7 Å². The highest BCUT2D eigenvalue weighted by atomic mass is 32.2. The van der Waals surface area contributed by atoms with Crippen molar-refractivity contribution in [2.24, 2.45) is 5.73 Å². The van der Waals surface area contributed by atoms with Gasteiger partial charge in [-0.2, -0.15) is 11.8 Å². The molecule has 1 rings (SSSR count). The third kappa shape index (κ3) is 8.82. The van der Waals surface area contributed by atoms with Gasteiger partial charge in [-0.1, -0.05) is 0 Å². The van der Waals surface area contributed by atoms with Gasteiger partial charge < -0.3 is 42.0 Å². The second-order valence-corrected chi connectivity index (χ2v) is 8.02. The fourth-order valence-corrected chi connectivity index (χ4v) is 3.08. The zero-order valence-corrected chi connectivity index (χ0v) is 18.6. The summed E-state index contributed by atoms with van der Waals surface area (Å²) in [4.78, 5) is 55.6. The number of hydrogen-bond donors (Lipinski definition) is 8. The summed E-state index contributed by atoms with van der Waals surface area (Å²) in [5, 5.41) is 35.0. The summed E-state index contributed by atoms with van der Waals surface area (Å²) in [6.45, 7) is 0.601. The molecular formula is C18H30N6O7S. The Bertz CT molecular complexity index is 761. The minimum Gasteiger partial charge on any atom is -0.480 e. The van der Waals surface area contributed by atoms with Gasteiger partial charge in [-0.15, -0.1) is 0 Å². The molecule has 14 heteroatoms. The van der Waals surface area contributed by atoms with E-state index in [-0.39, 0.29) is 12.8 Å². The third-order valence-corrected chi connectivity index (χ3v) is 5.08. The van der Waals surface area contributed by atoms with E-state index in [2.05, 4.69) is 25.9 Å². The van der Waals surface area contributed by atoms with Crippen LogP contribution in [0.4, 0.5) is 0 Å². The molecule has 5 unspecified atom stereocenters. The molecule has 1 aromatic rings. The quantitative estimate of drug-likeness (QED) is 0.136. The summed E-state index contributed by atoms with van der Waals surface area (Å²) in [6, 6.07) is -5.08. The molecule has 0 saturated heterocycles. The Balaban J connectivity index is 3.03. The summed E-state index contributed by atoms with van der Waals surface area (Å²) in [5.41, 5.74) is 5.98. The van der Waals surface area contributed by atoms with Gasteiger partial charge in [0.05, 0.1) is 19.0 Å². The molecule has 0 aliphatic rings. The number of hydrogen-bond acceptors (Lipinski definition) is 9. The van der Waals surface area contributed by atoms with E-state index in [1.807, 2.05) is 6.26 Å². The van der Waals surface area contributed by atoms with Crippen LogP contribution >= 0.6 is 11.8 Å². The molecular weight excluding hydrogens is 444 g/mol. The number of amides is 3. The number of imidazole rings is 1. The van der Waals surface area contributed by atoms with E-state index in [1.54, 1.807) is 0 Å². The normalized spacial score (nSPS) is 15.7. The van der Waals surface area contributed by atoms with Crippen LogP contribution in [0.5, 0.6) is 0 Å². The van der Waals surface area contributed by atoms with Crippen molar-refractivity contribution in [3.8, 4) is 0 Å². The fraction of sp³-hybridized carbons (Fsp3) is 0.611. The van der Waals surface area contributed by atoms with E-state index in [4.69, 9.17) is 10.8 Å². The number of thioether (sulfide) groups is 1. The topological polar surface area (TPSA) is 220 Å². The van der Waals surface area contributed by atoms with Gasteiger partial charge in [0.15, 0.2) is 6.04 Å². The SMILES string of the molecule is CSCCC(NC(=O)C(N)CO)C(=O)NC(Cc1cnc[nH]1)C(=O)NC(C(=O)O)C(C)O. The number of carbonyl (C=O) groups excluding carboxylic acids is 3. The molecule has 0 saturated carbocycles. The second kappa shape index (κ2) is 13.7. The van der Waals surface area contributed by atoms with Crippen molar-refractivity contribution in [3.63, 3.8) is 0 Å². The minimum atomic E-state index is -1.58. The number of nitrogens with one attached hydrogen (secondary N) is 4. The predicted molar refractivity (Wildman–Crippen MR) is 115 cm³/mol. The zero-order chi connectivity index (χ0) is 24.3. The molecule has 1 heterocycles. The van der Waals surface area contributed by atoms with Crippen molar-refractivity contribution in [2.75, 3.05) is 18.6 Å². The molecule has 13 nitrogen and oxygen atoms in total. The maximum absolute atomic E-state index is 12.9. The zero-order valence-electron chi connectivity index (χ0n) is 17.8. The Hall–Kier alpha value is -2.68. The highest BCUT2D eigenvalue weighted by Gasteiger charge is 2.32. The van der Waals surface area contributed by atoms with Crippen LogP contribution in [0.3, 0.4) is 0 Å². The van der Waals surface area contributed by atoms with Crippen molar-refractivity contribution in [3.05, 3.63) is 18.2 Å². The largest absolute Gasteiger partial charge is 0.480 e. The third-order valence-electron chi connectivity index (χ3n) is 4.44. The van der Waals surface area contributed by atoms with Crippen LogP contribution in [0.1, 0.15) is 19.0 Å². The average Bonchev–Trinajstić information content (AvgIpc) is 3.25. The highest BCUT2D eigenvalue weighted by Crippen LogP contribution is 2.05. The molecule has 9 N–H and O–H groups in total. The van der Waals surface area contributed by atoms with Gasteiger partial charge in [-0.3, -0.25) is 14.4 Å². The molecule has 0 radical (unpaired) electrons. The van der Waals surface area contributed by atoms with Crippen LogP contribution in [0.2, 0.25) is 0 Å². The summed E-state index contributed by atoms with van der Waals surface area (Å²) in [5.74, 6) is -3.21. The molecule has 0 aliphatic heterocycles. The number of aliphatic carboxylic acids is 1. The van der Waals surface area contributed by atoms with Crippen molar-refractivity contribution < 1.29 is 34.5 Å². The fourth-order valence-electron chi connectivity index (χ4n) is 2.61. The lowest BCUT2D eigenvalue weighted by atomic mass is 10.1. The summed E-state index contributed by atoms with van der Waals surface area (Å²) < 4.78 is 0. The number of aliphatic hydroxyl groups is 2. The summed E-state index contributed by atoms with van der Waals surface area (Å²) >= 11 is 1.43. The second-order valence-electron chi connectivity index (χ2n) is 7.04. The van der Waals surface area contributed by atoms with Crippen LogP contribution in [-0.4, -0.2) is 97.9 Å². The smallest absolute Gasteiger partial charge is 0.328 e. The Morgan fingerprint density at radius 1 is 1.16 bits per heavy atom. The molecule has 32 heavy (non-hydrogen) atoms. The molecule has 0 aliphatic carbocycles. The Kier molecular flexibility index (Phi) is 11.7. The van der Waals surface area contributed by atoms with Gasteiger partial charge in [0.1, 0.15) is 18.1 Å². The number of aromatic nitrogens is 2. The first-order valence-corrected chi connectivity index (χ1v) is 11.1. The van der Waals surface area contributed by atoms with Gasteiger partial charge in [0, 0.05) is 18.3 Å². The molecule has 3 amide bonds. The number of nitrogens with zero attached hydrogens (tertiary/aromatic N) is 1. The van der Waals surface area contributed by atoms with Gasteiger partial charge in [0.25, 0.3) is 0 Å². The average molecular weight is 475 g/mol. The van der Waals surface area contributed by atoms with Crippen molar-refractivity contribution in [1.29, 1.82) is 0 Å². The number of carbonyl (C=O) groups is 4. The van der Waals surface area contributed by atoms with Crippen molar-refractivity contribution in [1.82, 2.24) is 25.9 Å². The number of nitrogens with two attached hydrogens (primary N) is 1. The number of carboxylic acid groups (broad SMARTS) is 1. The number of rotatable bonds is 14. The molecule has 5 atom stereocenters. The van der Waals surface area contributed by atoms with Gasteiger partial charge in [-0.05, 0) is 25.4 Å². The lowest BCUT2D eigenvalue weighted by Crippen LogP contribution is -2.59. The molecule has 0 bridgehead atoms. The van der Waals surface area contributed by atoms with E-state index in [9.17, 15) is 29.4 Å². The van der Waals surface area contributed by atoms with Crippen molar-refractivity contribution >= 4 is 35.5 Å². The van der Waals surface area contributed by atoms with Crippen LogP contribution in [0.15, 0.2) is 12.5 Å². The first-order chi connectivity index (χ1) is 15.1. The molecule has 0 aromatic carbocycles.